The molecule has 0 N–H and O–H groups in total. The molecule has 1 fully saturated rings. The number of hydrogen-bond acceptors (Lipinski definition) is 2. The molecule has 14 heavy (non-hydrogen) atoms. The Hall–Kier alpha value is -1.15. The Morgan fingerprint density at radius 3 is 2.57 bits per heavy atom. The lowest BCUT2D eigenvalue weighted by atomic mass is 10.1. The first-order valence-electron chi connectivity index (χ1n) is 5.01. The first-order chi connectivity index (χ1) is 6.70. The van der Waals surface area contributed by atoms with Gasteiger partial charge in [-0.25, -0.2) is 0 Å². The zero-order valence-corrected chi connectivity index (χ0v) is 8.60. The smallest absolute Gasteiger partial charge is 0.148 e. The summed E-state index contributed by atoms with van der Waals surface area (Å²) in [5.41, 5.74) is 1.29. The van der Waals surface area contributed by atoms with E-state index in [4.69, 9.17) is 0 Å². The molecule has 1 unspecified atom stereocenters. The molecule has 2 heteroatoms. The van der Waals surface area contributed by atoms with Crippen molar-refractivity contribution >= 4 is 5.78 Å². The summed E-state index contributed by atoms with van der Waals surface area (Å²) in [4.78, 5) is 13.3. The van der Waals surface area contributed by atoms with Gasteiger partial charge in [-0.15, -0.1) is 0 Å². The maximum atomic E-state index is 11.1. The average molecular weight is 189 g/mol. The lowest BCUT2D eigenvalue weighted by Gasteiger charge is -2.13. The van der Waals surface area contributed by atoms with Gasteiger partial charge in [0.2, 0.25) is 0 Å². The highest BCUT2D eigenvalue weighted by molar-refractivity contribution is 5.84. The van der Waals surface area contributed by atoms with Crippen LogP contribution in [0.1, 0.15) is 25.5 Å². The van der Waals surface area contributed by atoms with Gasteiger partial charge in [-0.2, -0.15) is 0 Å². The van der Waals surface area contributed by atoms with E-state index in [-0.39, 0.29) is 11.8 Å². The number of Topliss-reactive ketones (excluding diaryl/α,β-unsaturated/α-hetero) is 1. The molecule has 1 aliphatic rings. The predicted octanol–water partition coefficient (Wildman–Crippen LogP) is 2.02. The van der Waals surface area contributed by atoms with Crippen LogP contribution in [0.2, 0.25) is 0 Å². The second kappa shape index (κ2) is 3.54. The molecular weight excluding hydrogens is 174 g/mol. The molecule has 1 heterocycles. The molecule has 3 atom stereocenters. The van der Waals surface area contributed by atoms with Crippen LogP contribution in [0.15, 0.2) is 30.3 Å². The predicted molar refractivity (Wildman–Crippen MR) is 56.0 cm³/mol. The van der Waals surface area contributed by atoms with Crippen LogP contribution in [0.25, 0.3) is 0 Å². The van der Waals surface area contributed by atoms with Crippen molar-refractivity contribution in [1.82, 2.24) is 4.90 Å². The molecule has 0 aliphatic carbocycles. The average Bonchev–Trinajstić information content (AvgIpc) is 2.97. The van der Waals surface area contributed by atoms with Crippen molar-refractivity contribution < 1.29 is 4.79 Å². The van der Waals surface area contributed by atoms with Gasteiger partial charge in [0.05, 0.1) is 6.04 Å². The van der Waals surface area contributed by atoms with Gasteiger partial charge in [0, 0.05) is 12.6 Å². The molecule has 0 amide bonds. The molecule has 2 nitrogen and oxygen atoms in total. The van der Waals surface area contributed by atoms with Crippen molar-refractivity contribution in [2.24, 2.45) is 0 Å². The third kappa shape index (κ3) is 1.70. The molecule has 0 saturated carbocycles. The molecule has 74 valence electrons. The normalized spacial score (nSPS) is 27.0. The van der Waals surface area contributed by atoms with E-state index in [1.165, 1.54) is 5.56 Å². The largest absolute Gasteiger partial charge is 0.298 e. The minimum absolute atomic E-state index is 0.171. The van der Waals surface area contributed by atoms with Crippen LogP contribution >= 0.6 is 0 Å². The Kier molecular flexibility index (Phi) is 2.38. The second-order valence-electron chi connectivity index (χ2n) is 3.91. The molecule has 0 spiro atoms. The molecular formula is C12H15NO. The highest BCUT2D eigenvalue weighted by Crippen LogP contribution is 2.31. The first kappa shape index (κ1) is 9.41. The van der Waals surface area contributed by atoms with Gasteiger partial charge in [0.15, 0.2) is 0 Å². The molecule has 0 bridgehead atoms. The topological polar surface area (TPSA) is 20.1 Å². The van der Waals surface area contributed by atoms with Crippen LogP contribution in [0, 0.1) is 0 Å². The fraction of sp³-hybridized carbons (Fsp3) is 0.417. The van der Waals surface area contributed by atoms with E-state index in [1.807, 2.05) is 18.2 Å². The van der Waals surface area contributed by atoms with E-state index in [1.54, 1.807) is 6.92 Å². The van der Waals surface area contributed by atoms with Crippen molar-refractivity contribution in [1.29, 1.82) is 0 Å². The number of hydrogen-bond donors (Lipinski definition) is 0. The summed E-state index contributed by atoms with van der Waals surface area (Å²) in [6, 6.07) is 10.9. The van der Waals surface area contributed by atoms with Crippen LogP contribution in [0.4, 0.5) is 0 Å². The van der Waals surface area contributed by atoms with E-state index < -0.39 is 0 Å². The third-order valence-electron chi connectivity index (χ3n) is 2.90. The molecule has 1 saturated heterocycles. The zero-order valence-electron chi connectivity index (χ0n) is 8.60. The molecule has 0 aromatic heterocycles. The van der Waals surface area contributed by atoms with Gasteiger partial charge in [-0.05, 0) is 19.4 Å². The summed E-state index contributed by atoms with van der Waals surface area (Å²) in [6.07, 6.45) is 0. The Balaban J connectivity index is 2.05. The van der Waals surface area contributed by atoms with Gasteiger partial charge in [0.1, 0.15) is 5.78 Å². The minimum Gasteiger partial charge on any atom is -0.298 e. The van der Waals surface area contributed by atoms with Crippen LogP contribution in [-0.2, 0) is 4.79 Å². The van der Waals surface area contributed by atoms with Crippen molar-refractivity contribution in [3.8, 4) is 0 Å². The van der Waals surface area contributed by atoms with E-state index >= 15 is 0 Å². The number of carbonyl (C=O) groups is 1. The summed E-state index contributed by atoms with van der Waals surface area (Å²) in [5.74, 6) is 0.285. The number of carbonyl (C=O) groups excluding carboxylic acids is 1. The second-order valence-corrected chi connectivity index (χ2v) is 3.91. The van der Waals surface area contributed by atoms with Crippen LogP contribution in [-0.4, -0.2) is 23.3 Å². The fourth-order valence-electron chi connectivity index (χ4n) is 1.87. The quantitative estimate of drug-likeness (QED) is 0.678. The van der Waals surface area contributed by atoms with Crippen molar-refractivity contribution in [2.75, 3.05) is 6.54 Å². The number of ketones is 1. The standard InChI is InChI=1S/C12H15NO/c1-9(11-6-4-3-5-7-11)13-8-12(13)10(2)14/h3-7,9,12H,8H2,1-2H3/t9-,12+,13?/m1/s1. The van der Waals surface area contributed by atoms with Crippen LogP contribution in [0.3, 0.4) is 0 Å². The Labute approximate surface area is 84.5 Å². The van der Waals surface area contributed by atoms with E-state index in [2.05, 4.69) is 24.0 Å². The maximum Gasteiger partial charge on any atom is 0.148 e. The van der Waals surface area contributed by atoms with Crippen molar-refractivity contribution in [2.45, 2.75) is 25.9 Å². The monoisotopic (exact) mass is 189 g/mol. The summed E-state index contributed by atoms with van der Waals surface area (Å²) >= 11 is 0. The highest BCUT2D eigenvalue weighted by atomic mass is 16.1. The molecule has 2 rings (SSSR count). The summed E-state index contributed by atoms with van der Waals surface area (Å²) in [6.45, 7) is 4.74. The Morgan fingerprint density at radius 2 is 2.07 bits per heavy atom. The van der Waals surface area contributed by atoms with Crippen LogP contribution < -0.4 is 0 Å². The first-order valence-corrected chi connectivity index (χ1v) is 5.01. The molecule has 1 aromatic rings. The van der Waals surface area contributed by atoms with Crippen molar-refractivity contribution in [3.63, 3.8) is 0 Å². The lowest BCUT2D eigenvalue weighted by Crippen LogP contribution is -2.13. The van der Waals surface area contributed by atoms with Crippen molar-refractivity contribution in [3.05, 3.63) is 35.9 Å². The van der Waals surface area contributed by atoms with Gasteiger partial charge >= 0.3 is 0 Å². The highest BCUT2D eigenvalue weighted by Gasteiger charge is 2.41. The van der Waals surface area contributed by atoms with E-state index in [0.29, 0.717) is 6.04 Å². The fourth-order valence-corrected chi connectivity index (χ4v) is 1.87. The summed E-state index contributed by atoms with van der Waals surface area (Å²) in [7, 11) is 0. The SMILES string of the molecule is CC(=O)[C@@H]1CN1[C@H](C)c1ccccc1. The number of nitrogens with zero attached hydrogens (tertiary/aromatic N) is 1. The van der Waals surface area contributed by atoms with Gasteiger partial charge in [-0.3, -0.25) is 9.69 Å². The zero-order chi connectivity index (χ0) is 10.1. The Bertz CT molecular complexity index is 333. The van der Waals surface area contributed by atoms with Crippen LogP contribution in [0.5, 0.6) is 0 Å². The summed E-state index contributed by atoms with van der Waals surface area (Å²) < 4.78 is 0. The number of rotatable bonds is 3. The lowest BCUT2D eigenvalue weighted by molar-refractivity contribution is -0.117. The van der Waals surface area contributed by atoms with Gasteiger partial charge < -0.3 is 0 Å². The summed E-state index contributed by atoms with van der Waals surface area (Å²) in [5, 5.41) is 0. The maximum absolute atomic E-state index is 11.1. The van der Waals surface area contributed by atoms with Gasteiger partial charge in [-0.1, -0.05) is 30.3 Å². The van der Waals surface area contributed by atoms with E-state index in [9.17, 15) is 4.79 Å². The molecule has 1 aromatic carbocycles. The van der Waals surface area contributed by atoms with Gasteiger partial charge in [0.25, 0.3) is 0 Å². The minimum atomic E-state index is 0.171. The van der Waals surface area contributed by atoms with E-state index in [0.717, 1.165) is 6.54 Å². The number of benzene rings is 1. The molecule has 1 aliphatic heterocycles. The Morgan fingerprint density at radius 1 is 1.43 bits per heavy atom. The molecule has 0 radical (unpaired) electrons. The third-order valence-corrected chi connectivity index (χ3v) is 2.90.